The smallest absolute Gasteiger partial charge is 0.294 e. The van der Waals surface area contributed by atoms with Gasteiger partial charge in [-0.3, -0.25) is 9.59 Å². The zero-order valence-corrected chi connectivity index (χ0v) is 13.2. The van der Waals surface area contributed by atoms with Gasteiger partial charge in [-0.1, -0.05) is 35.9 Å². The van der Waals surface area contributed by atoms with E-state index in [0.29, 0.717) is 12.2 Å². The van der Waals surface area contributed by atoms with Crippen molar-refractivity contribution in [3.05, 3.63) is 66.0 Å². The Morgan fingerprint density at radius 2 is 1.83 bits per heavy atom. The third-order valence-corrected chi connectivity index (χ3v) is 3.80. The Bertz CT molecular complexity index is 876. The molecule has 0 unspecified atom stereocenters. The van der Waals surface area contributed by atoms with Crippen molar-refractivity contribution in [1.82, 2.24) is 9.72 Å². The molecule has 3 rings (SSSR count). The number of Topliss-reactive ketones (excluding diaryl/α,β-unsaturated/α-hetero) is 1. The molecule has 1 N–H and O–H groups in total. The summed E-state index contributed by atoms with van der Waals surface area (Å²) in [6.45, 7) is 4.23. The van der Waals surface area contributed by atoms with Gasteiger partial charge in [0.1, 0.15) is 5.69 Å². The van der Waals surface area contributed by atoms with E-state index in [2.05, 4.69) is 5.32 Å². The average Bonchev–Trinajstić information content (AvgIpc) is 2.94. The van der Waals surface area contributed by atoms with Gasteiger partial charge in [0.05, 0.1) is 0 Å². The highest BCUT2D eigenvalue weighted by molar-refractivity contribution is 6.43. The molecule has 4 heteroatoms. The van der Waals surface area contributed by atoms with Gasteiger partial charge in [-0.2, -0.15) is 0 Å². The number of likely N-dealkylation sites (N-methyl/N-ethyl adjacent to an activating group) is 1. The van der Waals surface area contributed by atoms with Crippen LogP contribution in [0.25, 0.3) is 16.6 Å². The van der Waals surface area contributed by atoms with Crippen LogP contribution in [-0.2, 0) is 4.79 Å². The van der Waals surface area contributed by atoms with Crippen LogP contribution in [0, 0.1) is 6.92 Å². The molecule has 3 aromatic rings. The number of ketones is 1. The molecule has 0 bridgehead atoms. The van der Waals surface area contributed by atoms with Gasteiger partial charge >= 0.3 is 0 Å². The summed E-state index contributed by atoms with van der Waals surface area (Å²) in [4.78, 5) is 24.7. The van der Waals surface area contributed by atoms with E-state index in [4.69, 9.17) is 0 Å². The van der Waals surface area contributed by atoms with Crippen LogP contribution in [0.15, 0.2) is 54.7 Å². The van der Waals surface area contributed by atoms with Gasteiger partial charge in [0.15, 0.2) is 0 Å². The molecule has 0 saturated heterocycles. The number of fused-ring (bicyclic) bond motifs is 1. The van der Waals surface area contributed by atoms with Gasteiger partial charge in [-0.05, 0) is 37.6 Å². The van der Waals surface area contributed by atoms with Crippen molar-refractivity contribution in [2.45, 2.75) is 13.8 Å². The van der Waals surface area contributed by atoms with E-state index < -0.39 is 11.7 Å². The second-order valence-electron chi connectivity index (χ2n) is 5.46. The molecule has 0 aliphatic rings. The van der Waals surface area contributed by atoms with E-state index in [1.54, 1.807) is 17.5 Å². The Morgan fingerprint density at radius 1 is 1.09 bits per heavy atom. The molecule has 0 saturated carbocycles. The number of hydrogen-bond donors (Lipinski definition) is 1. The molecule has 2 heterocycles. The zero-order valence-electron chi connectivity index (χ0n) is 13.2. The fraction of sp³-hybridized carbons (Fsp3) is 0.158. The molecule has 0 fully saturated rings. The number of carbonyl (C=O) groups is 2. The number of carbonyl (C=O) groups excluding carboxylic acids is 2. The Hall–Kier alpha value is -2.88. The Balaban J connectivity index is 2.21. The molecule has 2 aromatic heterocycles. The monoisotopic (exact) mass is 306 g/mol. The predicted octanol–water partition coefficient (Wildman–Crippen LogP) is 3.23. The molecule has 1 amide bonds. The van der Waals surface area contributed by atoms with Crippen LogP contribution in [0.3, 0.4) is 0 Å². The molecule has 0 atom stereocenters. The van der Waals surface area contributed by atoms with Crippen molar-refractivity contribution in [3.63, 3.8) is 0 Å². The Morgan fingerprint density at radius 3 is 2.52 bits per heavy atom. The first-order valence-corrected chi connectivity index (χ1v) is 7.61. The first-order chi connectivity index (χ1) is 11.1. The lowest BCUT2D eigenvalue weighted by molar-refractivity contribution is -0.116. The number of benzene rings is 1. The molecule has 0 radical (unpaired) electrons. The van der Waals surface area contributed by atoms with Crippen LogP contribution < -0.4 is 5.32 Å². The first-order valence-electron chi connectivity index (χ1n) is 7.61. The minimum absolute atomic E-state index is 0.399. The highest BCUT2D eigenvalue weighted by Gasteiger charge is 2.24. The van der Waals surface area contributed by atoms with Crippen LogP contribution in [0.2, 0.25) is 0 Å². The highest BCUT2D eigenvalue weighted by atomic mass is 16.2. The van der Waals surface area contributed by atoms with Crippen molar-refractivity contribution < 1.29 is 9.59 Å². The molecule has 1 aromatic carbocycles. The summed E-state index contributed by atoms with van der Waals surface area (Å²) in [6, 6.07) is 15.6. The van der Waals surface area contributed by atoms with E-state index in [1.165, 1.54) is 0 Å². The number of rotatable bonds is 4. The molecule has 0 aliphatic carbocycles. The number of pyridine rings is 1. The number of aryl methyl sites for hydroxylation is 1. The number of nitrogens with one attached hydrogen (secondary N) is 1. The fourth-order valence-electron chi connectivity index (χ4n) is 2.66. The number of hydrogen-bond acceptors (Lipinski definition) is 2. The minimum atomic E-state index is -0.579. The molecule has 0 aliphatic heterocycles. The summed E-state index contributed by atoms with van der Waals surface area (Å²) in [7, 11) is 0. The van der Waals surface area contributed by atoms with Crippen molar-refractivity contribution >= 4 is 17.2 Å². The Kier molecular flexibility index (Phi) is 3.98. The largest absolute Gasteiger partial charge is 0.349 e. The topological polar surface area (TPSA) is 50.6 Å². The maximum atomic E-state index is 12.6. The highest BCUT2D eigenvalue weighted by Crippen LogP contribution is 2.28. The maximum Gasteiger partial charge on any atom is 0.294 e. The molecule has 23 heavy (non-hydrogen) atoms. The van der Waals surface area contributed by atoms with Gasteiger partial charge in [-0.15, -0.1) is 0 Å². The summed E-state index contributed by atoms with van der Waals surface area (Å²) >= 11 is 0. The van der Waals surface area contributed by atoms with Gasteiger partial charge in [0.25, 0.3) is 11.7 Å². The molecule has 116 valence electrons. The number of nitrogens with zero attached hydrogens (tertiary/aromatic N) is 1. The van der Waals surface area contributed by atoms with Crippen LogP contribution in [0.1, 0.15) is 23.0 Å². The minimum Gasteiger partial charge on any atom is -0.349 e. The molecular formula is C19H18N2O2. The van der Waals surface area contributed by atoms with Gasteiger partial charge in [0, 0.05) is 23.8 Å². The molecule has 0 spiro atoms. The lowest BCUT2D eigenvalue weighted by Gasteiger charge is -2.06. The fourth-order valence-corrected chi connectivity index (χ4v) is 2.66. The van der Waals surface area contributed by atoms with Gasteiger partial charge in [-0.25, -0.2) is 0 Å². The van der Waals surface area contributed by atoms with Crippen molar-refractivity contribution in [1.29, 1.82) is 0 Å². The first kappa shape index (κ1) is 15.0. The van der Waals surface area contributed by atoms with Crippen LogP contribution >= 0.6 is 0 Å². The van der Waals surface area contributed by atoms with E-state index >= 15 is 0 Å². The van der Waals surface area contributed by atoms with E-state index in [9.17, 15) is 9.59 Å². The normalized spacial score (nSPS) is 10.7. The standard InChI is InChI=1S/C19H18N2O2/c1-3-20-19(23)18(22)17-16(14-9-7-13(2)8-10-14)12-15-6-4-5-11-21(15)17/h4-12H,3H2,1-2H3,(H,20,23). The predicted molar refractivity (Wildman–Crippen MR) is 90.6 cm³/mol. The van der Waals surface area contributed by atoms with E-state index in [0.717, 1.165) is 22.2 Å². The summed E-state index contributed by atoms with van der Waals surface area (Å²) in [5.74, 6) is -1.10. The van der Waals surface area contributed by atoms with Crippen LogP contribution in [0.4, 0.5) is 0 Å². The second kappa shape index (κ2) is 6.08. The lowest BCUT2D eigenvalue weighted by atomic mass is 10.0. The lowest BCUT2D eigenvalue weighted by Crippen LogP contribution is -2.31. The summed E-state index contributed by atoms with van der Waals surface area (Å²) < 4.78 is 1.77. The second-order valence-corrected chi connectivity index (χ2v) is 5.46. The van der Waals surface area contributed by atoms with Crippen molar-refractivity contribution in [2.75, 3.05) is 6.54 Å². The Labute approximate surface area is 134 Å². The van der Waals surface area contributed by atoms with Gasteiger partial charge in [0.2, 0.25) is 0 Å². The van der Waals surface area contributed by atoms with Crippen molar-refractivity contribution in [3.8, 4) is 11.1 Å². The quantitative estimate of drug-likeness (QED) is 0.594. The molecular weight excluding hydrogens is 288 g/mol. The summed E-state index contributed by atoms with van der Waals surface area (Å²) in [5, 5.41) is 2.58. The van der Waals surface area contributed by atoms with E-state index in [1.807, 2.05) is 55.5 Å². The van der Waals surface area contributed by atoms with E-state index in [-0.39, 0.29) is 0 Å². The maximum absolute atomic E-state index is 12.6. The van der Waals surface area contributed by atoms with Crippen LogP contribution in [0.5, 0.6) is 0 Å². The SMILES string of the molecule is CCNC(=O)C(=O)c1c(-c2ccc(C)cc2)cc2ccccn12. The molecule has 4 nitrogen and oxygen atoms in total. The average molecular weight is 306 g/mol. The zero-order chi connectivity index (χ0) is 16.4. The van der Waals surface area contributed by atoms with Crippen molar-refractivity contribution in [2.24, 2.45) is 0 Å². The van der Waals surface area contributed by atoms with Crippen LogP contribution in [-0.4, -0.2) is 22.6 Å². The third-order valence-electron chi connectivity index (χ3n) is 3.80. The van der Waals surface area contributed by atoms with Gasteiger partial charge < -0.3 is 9.72 Å². The third kappa shape index (κ3) is 2.75. The number of aromatic nitrogens is 1. The summed E-state index contributed by atoms with van der Waals surface area (Å²) in [5.41, 5.74) is 4.12. The number of amides is 1. The summed E-state index contributed by atoms with van der Waals surface area (Å²) in [6.07, 6.45) is 1.81.